The number of ether oxygens (including phenoxy) is 1. The van der Waals surface area contributed by atoms with Crippen molar-refractivity contribution >= 4 is 15.9 Å². The maximum atomic E-state index is 9.32. The molecule has 1 N–H and O–H groups in total. The smallest absolute Gasteiger partial charge is 0.264 e. The van der Waals surface area contributed by atoms with E-state index in [1.807, 2.05) is 19.1 Å². The molecule has 0 aliphatic heterocycles. The SMILES string of the molecule is Cc1noc(COc2c(C)cc(Br)cc2CO)n1. The molecule has 2 rings (SSSR count). The average molecular weight is 313 g/mol. The first-order valence-electron chi connectivity index (χ1n) is 5.42. The molecule has 0 fully saturated rings. The summed E-state index contributed by atoms with van der Waals surface area (Å²) in [5.41, 5.74) is 1.66. The molecule has 0 unspecified atom stereocenters. The van der Waals surface area contributed by atoms with Crippen LogP contribution in [0.1, 0.15) is 22.8 Å². The second-order valence-electron chi connectivity index (χ2n) is 3.89. The summed E-state index contributed by atoms with van der Waals surface area (Å²) in [5, 5.41) is 13.0. The van der Waals surface area contributed by atoms with Gasteiger partial charge in [0.25, 0.3) is 5.89 Å². The van der Waals surface area contributed by atoms with Gasteiger partial charge in [0.2, 0.25) is 0 Å². The van der Waals surface area contributed by atoms with Gasteiger partial charge in [-0.15, -0.1) is 0 Å². The van der Waals surface area contributed by atoms with Gasteiger partial charge in [0.1, 0.15) is 5.75 Å². The molecular weight excluding hydrogens is 300 g/mol. The van der Waals surface area contributed by atoms with E-state index in [2.05, 4.69) is 26.1 Å². The minimum absolute atomic E-state index is 0.0848. The van der Waals surface area contributed by atoms with Crippen molar-refractivity contribution < 1.29 is 14.4 Å². The van der Waals surface area contributed by atoms with Gasteiger partial charge in [0.15, 0.2) is 12.4 Å². The lowest BCUT2D eigenvalue weighted by atomic mass is 10.1. The Morgan fingerprint density at radius 2 is 2.17 bits per heavy atom. The number of benzene rings is 1. The molecule has 0 saturated carbocycles. The van der Waals surface area contributed by atoms with Gasteiger partial charge >= 0.3 is 0 Å². The van der Waals surface area contributed by atoms with E-state index in [4.69, 9.17) is 9.26 Å². The summed E-state index contributed by atoms with van der Waals surface area (Å²) >= 11 is 3.38. The number of halogens is 1. The first-order chi connectivity index (χ1) is 8.60. The van der Waals surface area contributed by atoms with Crippen molar-refractivity contribution in [2.75, 3.05) is 0 Å². The van der Waals surface area contributed by atoms with Gasteiger partial charge in [0.05, 0.1) is 6.61 Å². The van der Waals surface area contributed by atoms with E-state index in [0.717, 1.165) is 15.6 Å². The quantitative estimate of drug-likeness (QED) is 0.939. The van der Waals surface area contributed by atoms with Crippen molar-refractivity contribution in [3.8, 4) is 5.75 Å². The minimum Gasteiger partial charge on any atom is -0.483 e. The van der Waals surface area contributed by atoms with Crippen LogP contribution in [0.25, 0.3) is 0 Å². The molecule has 0 aliphatic carbocycles. The molecular formula is C12H13BrN2O3. The molecule has 0 bridgehead atoms. The van der Waals surface area contributed by atoms with Crippen LogP contribution in [-0.2, 0) is 13.2 Å². The molecule has 2 aromatic rings. The lowest BCUT2D eigenvalue weighted by Crippen LogP contribution is -2.01. The number of aromatic nitrogens is 2. The predicted octanol–water partition coefficient (Wildman–Crippen LogP) is 2.52. The van der Waals surface area contributed by atoms with Gasteiger partial charge in [-0.05, 0) is 31.5 Å². The van der Waals surface area contributed by atoms with Crippen LogP contribution in [-0.4, -0.2) is 15.2 Å². The fraction of sp³-hybridized carbons (Fsp3) is 0.333. The monoisotopic (exact) mass is 312 g/mol. The zero-order valence-corrected chi connectivity index (χ0v) is 11.7. The molecule has 0 atom stereocenters. The van der Waals surface area contributed by atoms with E-state index < -0.39 is 0 Å². The first kappa shape index (κ1) is 13.0. The van der Waals surface area contributed by atoms with E-state index >= 15 is 0 Å². The molecule has 1 aromatic carbocycles. The summed E-state index contributed by atoms with van der Waals surface area (Å²) in [7, 11) is 0. The third kappa shape index (κ3) is 2.88. The highest BCUT2D eigenvalue weighted by Crippen LogP contribution is 2.28. The Balaban J connectivity index is 2.18. The van der Waals surface area contributed by atoms with Crippen LogP contribution in [0, 0.1) is 13.8 Å². The lowest BCUT2D eigenvalue weighted by molar-refractivity contribution is 0.227. The van der Waals surface area contributed by atoms with Crippen molar-refractivity contribution in [3.63, 3.8) is 0 Å². The molecule has 6 heteroatoms. The molecule has 0 aliphatic rings. The minimum atomic E-state index is -0.0848. The number of hydrogen-bond acceptors (Lipinski definition) is 5. The maximum Gasteiger partial charge on any atom is 0.264 e. The fourth-order valence-corrected chi connectivity index (χ4v) is 2.28. The van der Waals surface area contributed by atoms with Gasteiger partial charge in [0, 0.05) is 10.0 Å². The zero-order chi connectivity index (χ0) is 13.1. The standard InChI is InChI=1S/C12H13BrN2O3/c1-7-3-10(13)4-9(5-16)12(7)17-6-11-14-8(2)15-18-11/h3-4,16H,5-6H2,1-2H3. The summed E-state index contributed by atoms with van der Waals surface area (Å²) in [6.07, 6.45) is 0. The van der Waals surface area contributed by atoms with Crippen LogP contribution < -0.4 is 4.74 Å². The van der Waals surface area contributed by atoms with Gasteiger partial charge in [-0.2, -0.15) is 4.98 Å². The average Bonchev–Trinajstić information content (AvgIpc) is 2.73. The Labute approximate surface area is 113 Å². The molecule has 0 radical (unpaired) electrons. The van der Waals surface area contributed by atoms with E-state index in [0.29, 0.717) is 17.5 Å². The zero-order valence-electron chi connectivity index (χ0n) is 10.1. The first-order valence-corrected chi connectivity index (χ1v) is 6.21. The Bertz CT molecular complexity index is 554. The summed E-state index contributed by atoms with van der Waals surface area (Å²) in [5.74, 6) is 1.64. The molecule has 0 amide bonds. The summed E-state index contributed by atoms with van der Waals surface area (Å²) < 4.78 is 11.5. The molecule has 1 aromatic heterocycles. The van der Waals surface area contributed by atoms with Gasteiger partial charge < -0.3 is 14.4 Å². The number of aliphatic hydroxyl groups excluding tert-OH is 1. The number of nitrogens with zero attached hydrogens (tertiary/aromatic N) is 2. The second kappa shape index (κ2) is 5.49. The number of aliphatic hydroxyl groups is 1. The third-order valence-electron chi connectivity index (χ3n) is 2.40. The van der Waals surface area contributed by atoms with Gasteiger partial charge in [-0.25, -0.2) is 0 Å². The highest BCUT2D eigenvalue weighted by molar-refractivity contribution is 9.10. The van der Waals surface area contributed by atoms with Crippen molar-refractivity contribution in [1.29, 1.82) is 0 Å². The van der Waals surface area contributed by atoms with Crippen LogP contribution >= 0.6 is 15.9 Å². The normalized spacial score (nSPS) is 10.7. The highest BCUT2D eigenvalue weighted by Gasteiger charge is 2.10. The van der Waals surface area contributed by atoms with Crippen LogP contribution in [0.5, 0.6) is 5.75 Å². The molecule has 96 valence electrons. The summed E-state index contributed by atoms with van der Waals surface area (Å²) in [6.45, 7) is 3.77. The van der Waals surface area contributed by atoms with Gasteiger partial charge in [-0.3, -0.25) is 0 Å². The maximum absolute atomic E-state index is 9.32. The second-order valence-corrected chi connectivity index (χ2v) is 4.81. The lowest BCUT2D eigenvalue weighted by Gasteiger charge is -2.12. The number of hydrogen-bond donors (Lipinski definition) is 1. The molecule has 18 heavy (non-hydrogen) atoms. The van der Waals surface area contributed by atoms with Crippen LogP contribution in [0.2, 0.25) is 0 Å². The van der Waals surface area contributed by atoms with Crippen molar-refractivity contribution in [1.82, 2.24) is 10.1 Å². The third-order valence-corrected chi connectivity index (χ3v) is 2.85. The Hall–Kier alpha value is -1.40. The Morgan fingerprint density at radius 3 is 2.78 bits per heavy atom. The molecule has 1 heterocycles. The number of aryl methyl sites for hydroxylation is 2. The Morgan fingerprint density at radius 1 is 1.39 bits per heavy atom. The summed E-state index contributed by atoms with van der Waals surface area (Å²) in [4.78, 5) is 4.05. The van der Waals surface area contributed by atoms with Gasteiger partial charge in [-0.1, -0.05) is 21.1 Å². The fourth-order valence-electron chi connectivity index (χ4n) is 1.66. The van der Waals surface area contributed by atoms with E-state index in [1.165, 1.54) is 0 Å². The van der Waals surface area contributed by atoms with Crippen molar-refractivity contribution in [2.45, 2.75) is 27.1 Å². The Kier molecular flexibility index (Phi) is 3.98. The van der Waals surface area contributed by atoms with E-state index in [9.17, 15) is 5.11 Å². The largest absolute Gasteiger partial charge is 0.483 e. The van der Waals surface area contributed by atoms with Crippen LogP contribution in [0.4, 0.5) is 0 Å². The molecule has 0 saturated heterocycles. The van der Waals surface area contributed by atoms with Crippen molar-refractivity contribution in [2.24, 2.45) is 0 Å². The summed E-state index contributed by atoms with van der Waals surface area (Å²) in [6, 6.07) is 3.74. The predicted molar refractivity (Wildman–Crippen MR) is 68.2 cm³/mol. The topological polar surface area (TPSA) is 68.4 Å². The van der Waals surface area contributed by atoms with E-state index in [1.54, 1.807) is 6.92 Å². The molecule has 0 spiro atoms. The van der Waals surface area contributed by atoms with Crippen LogP contribution in [0.3, 0.4) is 0 Å². The van der Waals surface area contributed by atoms with Crippen LogP contribution in [0.15, 0.2) is 21.1 Å². The van der Waals surface area contributed by atoms with Crippen molar-refractivity contribution in [3.05, 3.63) is 39.4 Å². The van der Waals surface area contributed by atoms with E-state index in [-0.39, 0.29) is 13.2 Å². The number of rotatable bonds is 4. The highest BCUT2D eigenvalue weighted by atomic mass is 79.9. The molecule has 5 nitrogen and oxygen atoms in total.